The lowest BCUT2D eigenvalue weighted by Crippen LogP contribution is -2.40. The Kier molecular flexibility index (Phi) is 3.14. The van der Waals surface area contributed by atoms with E-state index in [1.807, 2.05) is 13.8 Å². The summed E-state index contributed by atoms with van der Waals surface area (Å²) in [5.41, 5.74) is -1.95. The van der Waals surface area contributed by atoms with E-state index in [0.29, 0.717) is 12.8 Å². The minimum Gasteiger partial charge on any atom is -0.367 e. The summed E-state index contributed by atoms with van der Waals surface area (Å²) < 4.78 is 32.4. The van der Waals surface area contributed by atoms with Gasteiger partial charge in [0.15, 0.2) is 0 Å². The standard InChI is InChI=1S/C18H16F2N2O3/c1-17-5-6-18(2,25-17)13-12(17)15(23)22(16(13)24)10-4-3-9(8-21)11(7-10)14(19)20/h3-4,7,12-14H,5-6H2,1-2H3/t12-,13+,17?,18?. The first-order valence-electron chi connectivity index (χ1n) is 8.12. The Labute approximate surface area is 143 Å². The third-order valence-electron chi connectivity index (χ3n) is 5.85. The van der Waals surface area contributed by atoms with Gasteiger partial charge in [0.2, 0.25) is 11.8 Å². The summed E-state index contributed by atoms with van der Waals surface area (Å²) in [6, 6.07) is 5.36. The minimum absolute atomic E-state index is 0.0882. The molecule has 3 aliphatic heterocycles. The van der Waals surface area contributed by atoms with Gasteiger partial charge in [-0.05, 0) is 44.9 Å². The van der Waals surface area contributed by atoms with Crippen LogP contribution in [0, 0.1) is 23.2 Å². The number of imide groups is 1. The normalized spacial score (nSPS) is 36.2. The zero-order valence-electron chi connectivity index (χ0n) is 13.8. The van der Waals surface area contributed by atoms with Crippen LogP contribution in [0.1, 0.15) is 44.2 Å². The van der Waals surface area contributed by atoms with Crippen LogP contribution >= 0.6 is 0 Å². The summed E-state index contributed by atoms with van der Waals surface area (Å²) in [4.78, 5) is 26.9. The van der Waals surface area contributed by atoms with Crippen LogP contribution in [0.15, 0.2) is 18.2 Å². The first kappa shape index (κ1) is 16.2. The Morgan fingerprint density at radius 3 is 2.24 bits per heavy atom. The molecular formula is C18H16F2N2O3. The fourth-order valence-electron chi connectivity index (χ4n) is 4.69. The van der Waals surface area contributed by atoms with Crippen LogP contribution in [-0.4, -0.2) is 23.0 Å². The van der Waals surface area contributed by atoms with E-state index in [-0.39, 0.29) is 11.3 Å². The highest BCUT2D eigenvalue weighted by Gasteiger charge is 2.72. The van der Waals surface area contributed by atoms with Gasteiger partial charge >= 0.3 is 0 Å². The van der Waals surface area contributed by atoms with E-state index < -0.39 is 46.8 Å². The largest absolute Gasteiger partial charge is 0.367 e. The first-order chi connectivity index (χ1) is 11.7. The lowest BCUT2D eigenvalue weighted by Gasteiger charge is -2.27. The fourth-order valence-corrected chi connectivity index (χ4v) is 4.69. The van der Waals surface area contributed by atoms with Crippen LogP contribution in [0.25, 0.3) is 0 Å². The van der Waals surface area contributed by atoms with E-state index in [4.69, 9.17) is 10.00 Å². The molecule has 1 aromatic rings. The van der Waals surface area contributed by atoms with Crippen molar-refractivity contribution in [3.63, 3.8) is 0 Å². The Hall–Kier alpha value is -2.33. The maximum Gasteiger partial charge on any atom is 0.265 e. The van der Waals surface area contributed by atoms with E-state index >= 15 is 0 Å². The molecule has 0 saturated carbocycles. The zero-order chi connectivity index (χ0) is 18.1. The molecule has 3 aliphatic rings. The van der Waals surface area contributed by atoms with Crippen LogP contribution in [0.5, 0.6) is 0 Å². The molecule has 4 rings (SSSR count). The van der Waals surface area contributed by atoms with Crippen molar-refractivity contribution in [1.82, 2.24) is 0 Å². The molecule has 1 aromatic carbocycles. The fraction of sp³-hybridized carbons (Fsp3) is 0.500. The van der Waals surface area contributed by atoms with Crippen molar-refractivity contribution >= 4 is 17.5 Å². The van der Waals surface area contributed by atoms with Gasteiger partial charge < -0.3 is 4.74 Å². The smallest absolute Gasteiger partial charge is 0.265 e. The maximum atomic E-state index is 13.2. The van der Waals surface area contributed by atoms with Crippen molar-refractivity contribution in [3.05, 3.63) is 29.3 Å². The highest BCUT2D eigenvalue weighted by molar-refractivity contribution is 6.23. The van der Waals surface area contributed by atoms with Gasteiger partial charge in [0.05, 0.1) is 40.4 Å². The van der Waals surface area contributed by atoms with Crippen LogP contribution in [0.3, 0.4) is 0 Å². The van der Waals surface area contributed by atoms with Gasteiger partial charge in [-0.25, -0.2) is 13.7 Å². The third-order valence-corrected chi connectivity index (χ3v) is 5.85. The van der Waals surface area contributed by atoms with Crippen molar-refractivity contribution in [1.29, 1.82) is 5.26 Å². The van der Waals surface area contributed by atoms with Crippen LogP contribution in [0.2, 0.25) is 0 Å². The highest BCUT2D eigenvalue weighted by Crippen LogP contribution is 2.60. The van der Waals surface area contributed by atoms with Crippen molar-refractivity contribution in [2.75, 3.05) is 4.90 Å². The van der Waals surface area contributed by atoms with E-state index in [2.05, 4.69) is 0 Å². The van der Waals surface area contributed by atoms with Gasteiger partial charge in [0, 0.05) is 5.56 Å². The maximum absolute atomic E-state index is 13.2. The van der Waals surface area contributed by atoms with E-state index in [1.54, 1.807) is 6.07 Å². The summed E-state index contributed by atoms with van der Waals surface area (Å²) in [7, 11) is 0. The number of carbonyl (C=O) groups is 2. The Balaban J connectivity index is 1.79. The quantitative estimate of drug-likeness (QED) is 0.772. The average molecular weight is 346 g/mol. The van der Waals surface area contributed by atoms with Crippen LogP contribution in [-0.2, 0) is 14.3 Å². The predicted octanol–water partition coefficient (Wildman–Crippen LogP) is 2.94. The second-order valence-electron chi connectivity index (χ2n) is 7.38. The number of ether oxygens (including phenoxy) is 1. The molecule has 0 aromatic heterocycles. The molecule has 7 heteroatoms. The molecule has 25 heavy (non-hydrogen) atoms. The lowest BCUT2D eigenvalue weighted by atomic mass is 9.69. The van der Waals surface area contributed by atoms with Gasteiger partial charge in [-0.15, -0.1) is 0 Å². The summed E-state index contributed by atoms with van der Waals surface area (Å²) >= 11 is 0. The van der Waals surface area contributed by atoms with Crippen molar-refractivity contribution in [2.24, 2.45) is 11.8 Å². The summed E-state index contributed by atoms with van der Waals surface area (Å²) in [5.74, 6) is -2.01. The molecular weight excluding hydrogens is 330 g/mol. The molecule has 0 radical (unpaired) electrons. The molecule has 2 unspecified atom stereocenters. The summed E-state index contributed by atoms with van der Waals surface area (Å²) in [6.45, 7) is 3.67. The number of amides is 2. The molecule has 3 fully saturated rings. The second kappa shape index (κ2) is 4.85. The molecule has 0 aliphatic carbocycles. The van der Waals surface area contributed by atoms with E-state index in [0.717, 1.165) is 11.0 Å². The number of carbonyl (C=O) groups excluding carboxylic acids is 2. The Morgan fingerprint density at radius 2 is 1.76 bits per heavy atom. The number of benzene rings is 1. The highest BCUT2D eigenvalue weighted by atomic mass is 19.3. The number of rotatable bonds is 2. The number of halogens is 2. The molecule has 4 atom stereocenters. The minimum atomic E-state index is -2.86. The number of anilines is 1. The van der Waals surface area contributed by atoms with Gasteiger partial charge in [-0.3, -0.25) is 9.59 Å². The average Bonchev–Trinajstić information content (AvgIpc) is 3.11. The number of nitrogens with zero attached hydrogens (tertiary/aromatic N) is 2. The molecule has 2 amide bonds. The number of nitriles is 1. The van der Waals surface area contributed by atoms with Crippen LogP contribution in [0.4, 0.5) is 14.5 Å². The zero-order valence-corrected chi connectivity index (χ0v) is 13.8. The number of hydrogen-bond donors (Lipinski definition) is 0. The molecule has 0 N–H and O–H groups in total. The number of hydrogen-bond acceptors (Lipinski definition) is 4. The molecule has 5 nitrogen and oxygen atoms in total. The Morgan fingerprint density at radius 1 is 1.20 bits per heavy atom. The van der Waals surface area contributed by atoms with Gasteiger partial charge in [-0.1, -0.05) is 0 Å². The van der Waals surface area contributed by atoms with Gasteiger partial charge in [0.25, 0.3) is 6.43 Å². The summed E-state index contributed by atoms with van der Waals surface area (Å²) in [6.07, 6.45) is -1.49. The van der Waals surface area contributed by atoms with Crippen molar-refractivity contribution in [2.45, 2.75) is 44.3 Å². The lowest BCUT2D eigenvalue weighted by molar-refractivity contribution is -0.129. The molecule has 3 heterocycles. The van der Waals surface area contributed by atoms with Gasteiger partial charge in [0.1, 0.15) is 0 Å². The third kappa shape index (κ3) is 1.94. The monoisotopic (exact) mass is 346 g/mol. The second-order valence-corrected chi connectivity index (χ2v) is 7.38. The van der Waals surface area contributed by atoms with Gasteiger partial charge in [-0.2, -0.15) is 5.26 Å². The SMILES string of the molecule is CC12CCC(C)(O1)[C@H]1C(=O)N(c3ccc(C#N)c(C(F)F)c3)C(=O)[C@H]12. The molecule has 130 valence electrons. The van der Waals surface area contributed by atoms with E-state index in [9.17, 15) is 18.4 Å². The van der Waals surface area contributed by atoms with Crippen molar-refractivity contribution in [3.8, 4) is 6.07 Å². The van der Waals surface area contributed by atoms with Crippen LogP contribution < -0.4 is 4.90 Å². The number of fused-ring (bicyclic) bond motifs is 5. The number of alkyl halides is 2. The summed E-state index contributed by atoms with van der Waals surface area (Å²) in [5, 5.41) is 8.96. The van der Waals surface area contributed by atoms with Crippen molar-refractivity contribution < 1.29 is 23.1 Å². The molecule has 2 bridgehead atoms. The first-order valence-corrected chi connectivity index (χ1v) is 8.12. The predicted molar refractivity (Wildman–Crippen MR) is 82.7 cm³/mol. The Bertz CT molecular complexity index is 815. The molecule has 3 saturated heterocycles. The van der Waals surface area contributed by atoms with E-state index in [1.165, 1.54) is 12.1 Å². The topological polar surface area (TPSA) is 70.4 Å². The molecule has 0 spiro atoms.